The first-order valence-corrected chi connectivity index (χ1v) is 25.7. The van der Waals surface area contributed by atoms with Gasteiger partial charge in [-0.25, -0.2) is 9.13 Å². The minimum atomic E-state index is -4.88. The lowest BCUT2D eigenvalue weighted by Gasteiger charge is -2.20. The summed E-state index contributed by atoms with van der Waals surface area (Å²) in [7, 11) is -9.74. The van der Waals surface area contributed by atoms with Crippen molar-refractivity contribution in [1.82, 2.24) is 0 Å². The van der Waals surface area contributed by atoms with Gasteiger partial charge in [-0.05, 0) is 89.9 Å². The van der Waals surface area contributed by atoms with Gasteiger partial charge in [0.15, 0.2) is 6.10 Å². The topological polar surface area (TPSA) is 208 Å². The number of aliphatic hydroxyl groups excluding tert-OH is 1. The van der Waals surface area contributed by atoms with Gasteiger partial charge in [0.2, 0.25) is 0 Å². The zero-order valence-electron chi connectivity index (χ0n) is 38.0. The Kier molecular flexibility index (Phi) is 35.8. The predicted molar refractivity (Wildman–Crippen MR) is 252 cm³/mol. The van der Waals surface area contributed by atoms with Crippen LogP contribution in [0.3, 0.4) is 0 Å². The van der Waals surface area contributed by atoms with Crippen molar-refractivity contribution in [3.8, 4) is 0 Å². The molecule has 1 aliphatic rings. The van der Waals surface area contributed by atoms with Crippen LogP contribution in [0.2, 0.25) is 0 Å². The van der Waals surface area contributed by atoms with E-state index < -0.39 is 66.2 Å². The second-order valence-corrected chi connectivity index (χ2v) is 17.7. The number of allylic oxidation sites excluding steroid dienone is 16. The Morgan fingerprint density at radius 3 is 1.55 bits per heavy atom. The van der Waals surface area contributed by atoms with Crippen molar-refractivity contribution in [3.05, 3.63) is 109 Å². The lowest BCUT2D eigenvalue weighted by Crippen LogP contribution is -2.29. The molecular formula is C48H76O14P2. The van der Waals surface area contributed by atoms with Gasteiger partial charge in [-0.15, -0.1) is 0 Å². The van der Waals surface area contributed by atoms with Gasteiger partial charge < -0.3 is 34.0 Å². The maximum atomic E-state index is 12.7. The highest BCUT2D eigenvalue weighted by Gasteiger charge is 2.36. The van der Waals surface area contributed by atoms with E-state index in [0.29, 0.717) is 37.9 Å². The number of hydrogen-bond donors (Lipinski definition) is 4. The molecule has 362 valence electrons. The molecule has 4 N–H and O–H groups in total. The van der Waals surface area contributed by atoms with Crippen molar-refractivity contribution in [2.75, 3.05) is 26.4 Å². The van der Waals surface area contributed by atoms with E-state index in [4.69, 9.17) is 28.5 Å². The summed E-state index contributed by atoms with van der Waals surface area (Å²) in [5.41, 5.74) is 0. The predicted octanol–water partition coefficient (Wildman–Crippen LogP) is 10.9. The summed E-state index contributed by atoms with van der Waals surface area (Å²) in [6.45, 7) is 1.44. The van der Waals surface area contributed by atoms with Crippen LogP contribution in [0.1, 0.15) is 129 Å². The fourth-order valence-electron chi connectivity index (χ4n) is 5.52. The molecule has 0 aromatic rings. The van der Waals surface area contributed by atoms with Crippen LogP contribution in [0.5, 0.6) is 0 Å². The second kappa shape index (κ2) is 39.0. The van der Waals surface area contributed by atoms with Crippen molar-refractivity contribution < 1.29 is 66.3 Å². The van der Waals surface area contributed by atoms with Crippen LogP contribution in [0, 0.1) is 0 Å². The molecule has 0 aromatic heterocycles. The Hall–Kier alpha value is -3.26. The Morgan fingerprint density at radius 1 is 0.547 bits per heavy atom. The standard InChI is InChI=1S/C48H76O14P2/c1-3-5-7-8-9-10-11-12-13-14-15-16-20-23-26-29-33-37-47(50)57-41-44(42-60-64(55,56)59-40-43(49)39-58-63(52,53)54)61-48(51)38-34-30-27-24-21-18-17-19-22-25-28-32-36-46-45(62-46)35-31-6-4-2/h6,9-10,12-13,15-16,18-19,21-23,26-28,30-32,43-46,49H,3-5,7-8,11,14,17,20,24-25,29,33-42H2,1-2H3,(H,55,56)(H2,52,53,54)/b10-9-,13-12-,16-15-,21-18-,22-19-,26-23-,30-27-,31-6-,32-28-/t43-,44+,45?,46?/m0/s1. The Morgan fingerprint density at radius 2 is 1.02 bits per heavy atom. The Labute approximate surface area is 382 Å². The lowest BCUT2D eigenvalue weighted by atomic mass is 10.1. The molecule has 1 heterocycles. The Balaban J connectivity index is 2.44. The van der Waals surface area contributed by atoms with Crippen molar-refractivity contribution in [1.29, 1.82) is 0 Å². The minimum absolute atomic E-state index is 0.0154. The van der Waals surface area contributed by atoms with E-state index in [9.17, 15) is 28.7 Å². The number of carbonyl (C=O) groups excluding carboxylic acids is 2. The van der Waals surface area contributed by atoms with Gasteiger partial charge in [-0.1, -0.05) is 136 Å². The fourth-order valence-corrected chi connectivity index (χ4v) is 6.68. The molecule has 16 heteroatoms. The molecule has 1 fully saturated rings. The largest absolute Gasteiger partial charge is 0.472 e. The zero-order chi connectivity index (χ0) is 47.0. The smallest absolute Gasteiger partial charge is 0.462 e. The molecule has 1 saturated heterocycles. The maximum absolute atomic E-state index is 12.7. The second-order valence-electron chi connectivity index (χ2n) is 15.0. The van der Waals surface area contributed by atoms with Crippen LogP contribution >= 0.6 is 15.6 Å². The van der Waals surface area contributed by atoms with Crippen molar-refractivity contribution >= 4 is 27.6 Å². The molecule has 64 heavy (non-hydrogen) atoms. The third-order valence-corrected chi connectivity index (χ3v) is 10.5. The van der Waals surface area contributed by atoms with Gasteiger partial charge in [0.1, 0.15) is 12.7 Å². The molecule has 0 amide bonds. The highest BCUT2D eigenvalue weighted by Crippen LogP contribution is 2.44. The molecule has 0 saturated carbocycles. The van der Waals surface area contributed by atoms with Gasteiger partial charge in [0.05, 0.1) is 32.0 Å². The normalized spacial score (nSPS) is 18.1. The molecule has 14 nitrogen and oxygen atoms in total. The van der Waals surface area contributed by atoms with Crippen LogP contribution in [0.15, 0.2) is 109 Å². The van der Waals surface area contributed by atoms with Crippen LogP contribution < -0.4 is 0 Å². The van der Waals surface area contributed by atoms with Gasteiger partial charge >= 0.3 is 27.6 Å². The summed E-state index contributed by atoms with van der Waals surface area (Å²) < 4.78 is 53.3. The third-order valence-electron chi connectivity index (χ3n) is 9.05. The zero-order valence-corrected chi connectivity index (χ0v) is 39.8. The van der Waals surface area contributed by atoms with E-state index in [1.807, 2.05) is 30.4 Å². The quantitative estimate of drug-likeness (QED) is 0.0148. The molecule has 0 radical (unpaired) electrons. The SMILES string of the molecule is CC/C=C\CC1OC1C/C=C\C/C=C\C/C=C\C/C=C\CCC(=O)O[C@H](COC(=O)CCC/C=C\C/C=C\C/C=C\C/C=C\CCCCC)COP(=O)(O)OC[C@@H](O)COP(=O)(O)O. The molecule has 0 spiro atoms. The number of carbonyl (C=O) groups is 2. The van der Waals surface area contributed by atoms with Gasteiger partial charge in [0.25, 0.3) is 0 Å². The van der Waals surface area contributed by atoms with E-state index >= 15 is 0 Å². The summed E-state index contributed by atoms with van der Waals surface area (Å²) in [5, 5.41) is 9.75. The number of hydrogen-bond acceptors (Lipinski definition) is 11. The monoisotopic (exact) mass is 938 g/mol. The number of esters is 2. The minimum Gasteiger partial charge on any atom is -0.462 e. The van der Waals surface area contributed by atoms with Crippen molar-refractivity contribution in [2.24, 2.45) is 0 Å². The number of epoxide rings is 1. The average Bonchev–Trinajstić information content (AvgIpc) is 4.01. The molecule has 3 unspecified atom stereocenters. The van der Waals surface area contributed by atoms with E-state index in [1.165, 1.54) is 19.3 Å². The van der Waals surface area contributed by atoms with Gasteiger partial charge in [-0.3, -0.25) is 23.2 Å². The summed E-state index contributed by atoms with van der Waals surface area (Å²) in [5.74, 6) is -1.21. The van der Waals surface area contributed by atoms with Crippen molar-refractivity contribution in [2.45, 2.75) is 154 Å². The number of unbranched alkanes of at least 4 members (excludes halogenated alkanes) is 4. The van der Waals surface area contributed by atoms with Gasteiger partial charge in [0, 0.05) is 12.8 Å². The highest BCUT2D eigenvalue weighted by atomic mass is 31.2. The molecule has 5 atom stereocenters. The molecule has 0 aromatic carbocycles. The van der Waals surface area contributed by atoms with Crippen LogP contribution in [-0.2, 0) is 46.5 Å². The number of phosphoric acid groups is 2. The van der Waals surface area contributed by atoms with Crippen LogP contribution in [0.4, 0.5) is 0 Å². The van der Waals surface area contributed by atoms with E-state index in [-0.39, 0.29) is 12.8 Å². The lowest BCUT2D eigenvalue weighted by molar-refractivity contribution is -0.161. The van der Waals surface area contributed by atoms with Crippen molar-refractivity contribution in [3.63, 3.8) is 0 Å². The van der Waals surface area contributed by atoms with Crippen LogP contribution in [-0.4, -0.2) is 82.6 Å². The van der Waals surface area contributed by atoms with E-state index in [1.54, 1.807) is 0 Å². The first-order valence-electron chi connectivity index (χ1n) is 22.7. The molecule has 1 rings (SSSR count). The summed E-state index contributed by atoms with van der Waals surface area (Å²) in [6, 6.07) is 0. The van der Waals surface area contributed by atoms with E-state index in [0.717, 1.165) is 57.8 Å². The van der Waals surface area contributed by atoms with Gasteiger partial charge in [-0.2, -0.15) is 0 Å². The Bertz CT molecular complexity index is 1610. The summed E-state index contributed by atoms with van der Waals surface area (Å²) in [4.78, 5) is 52.7. The number of rotatable bonds is 40. The summed E-state index contributed by atoms with van der Waals surface area (Å²) >= 11 is 0. The summed E-state index contributed by atoms with van der Waals surface area (Å²) in [6.07, 6.45) is 50.0. The fraction of sp³-hybridized carbons (Fsp3) is 0.583. The number of aliphatic hydroxyl groups is 1. The van der Waals surface area contributed by atoms with Crippen LogP contribution in [0.25, 0.3) is 0 Å². The average molecular weight is 939 g/mol. The highest BCUT2D eigenvalue weighted by molar-refractivity contribution is 7.47. The first-order chi connectivity index (χ1) is 30.8. The molecule has 0 aliphatic carbocycles. The third kappa shape index (κ3) is 39.1. The maximum Gasteiger partial charge on any atom is 0.472 e. The molecule has 0 bridgehead atoms. The molecular weight excluding hydrogens is 862 g/mol. The first kappa shape index (κ1) is 58.8. The van der Waals surface area contributed by atoms with E-state index in [2.05, 4.69) is 102 Å². The number of ether oxygens (including phenoxy) is 3. The number of phosphoric ester groups is 2. The molecule has 1 aliphatic heterocycles.